The summed E-state index contributed by atoms with van der Waals surface area (Å²) < 4.78 is 24.9. The predicted octanol–water partition coefficient (Wildman–Crippen LogP) is 1.66. The lowest BCUT2D eigenvalue weighted by atomic mass is 10.2. The Morgan fingerprint density at radius 1 is 1.40 bits per heavy atom. The third kappa shape index (κ3) is 3.72. The van der Waals surface area contributed by atoms with Gasteiger partial charge in [0.2, 0.25) is 5.91 Å². The van der Waals surface area contributed by atoms with Crippen molar-refractivity contribution in [2.75, 3.05) is 12.3 Å². The van der Waals surface area contributed by atoms with Crippen LogP contribution in [0.3, 0.4) is 0 Å². The summed E-state index contributed by atoms with van der Waals surface area (Å²) in [4.78, 5) is 12.0. The summed E-state index contributed by atoms with van der Waals surface area (Å²) in [5.41, 5.74) is 6.59. The maximum atomic E-state index is 12.5. The molecule has 0 radical (unpaired) electrons. The molecule has 1 aromatic rings. The van der Waals surface area contributed by atoms with Gasteiger partial charge in [-0.05, 0) is 38.0 Å². The van der Waals surface area contributed by atoms with Crippen LogP contribution in [0.5, 0.6) is 0 Å². The lowest BCUT2D eigenvalue weighted by Crippen LogP contribution is -2.38. The average molecular weight is 298 g/mol. The molecule has 0 fully saturated rings. The second-order valence-corrected chi connectivity index (χ2v) is 7.09. The van der Waals surface area contributed by atoms with Crippen LogP contribution in [0, 0.1) is 6.92 Å². The number of hydrogen-bond donors (Lipinski definition) is 2. The van der Waals surface area contributed by atoms with E-state index in [9.17, 15) is 13.2 Å². The number of amides is 1. The largest absolute Gasteiger partial charge is 0.399 e. The van der Waals surface area contributed by atoms with Gasteiger partial charge in [-0.15, -0.1) is 0 Å². The van der Waals surface area contributed by atoms with E-state index in [2.05, 4.69) is 5.32 Å². The van der Waals surface area contributed by atoms with Gasteiger partial charge in [-0.2, -0.15) is 0 Å². The molecule has 1 rings (SSSR count). The summed E-state index contributed by atoms with van der Waals surface area (Å²) in [6, 6.07) is 4.69. The van der Waals surface area contributed by atoms with Gasteiger partial charge in [0.25, 0.3) is 0 Å². The highest BCUT2D eigenvalue weighted by Gasteiger charge is 2.30. The molecule has 112 valence electrons. The molecule has 0 aliphatic heterocycles. The fourth-order valence-electron chi connectivity index (χ4n) is 1.79. The van der Waals surface area contributed by atoms with Crippen LogP contribution in [0.25, 0.3) is 0 Å². The number of unbranched alkanes of at least 4 members (excludes halogenated alkanes) is 1. The van der Waals surface area contributed by atoms with Crippen molar-refractivity contribution in [3.05, 3.63) is 23.8 Å². The Kier molecular flexibility index (Phi) is 5.56. The molecule has 1 unspecified atom stereocenters. The molecule has 0 aliphatic carbocycles. The third-order valence-electron chi connectivity index (χ3n) is 3.18. The van der Waals surface area contributed by atoms with Gasteiger partial charge in [-0.25, -0.2) is 8.42 Å². The summed E-state index contributed by atoms with van der Waals surface area (Å²) >= 11 is 0. The Labute approximate surface area is 120 Å². The fourth-order valence-corrected chi connectivity index (χ4v) is 3.35. The van der Waals surface area contributed by atoms with Crippen molar-refractivity contribution < 1.29 is 13.2 Å². The van der Waals surface area contributed by atoms with Crippen LogP contribution in [0.4, 0.5) is 5.69 Å². The van der Waals surface area contributed by atoms with Gasteiger partial charge < -0.3 is 11.1 Å². The maximum absolute atomic E-state index is 12.5. The molecule has 1 aromatic carbocycles. The van der Waals surface area contributed by atoms with Crippen molar-refractivity contribution in [3.8, 4) is 0 Å². The summed E-state index contributed by atoms with van der Waals surface area (Å²) in [6.07, 6.45) is 1.77. The molecular weight excluding hydrogens is 276 g/mol. The van der Waals surface area contributed by atoms with Gasteiger partial charge in [-0.3, -0.25) is 4.79 Å². The highest BCUT2D eigenvalue weighted by atomic mass is 32.2. The smallest absolute Gasteiger partial charge is 0.238 e. The number of aryl methyl sites for hydroxylation is 1. The standard InChI is InChI=1S/C14H22N2O3S/c1-4-5-8-16-14(17)11(3)20(18,19)13-9-12(15)7-6-10(13)2/h6-7,9,11H,4-5,8,15H2,1-3H3,(H,16,17). The molecule has 6 heteroatoms. The molecule has 0 saturated carbocycles. The molecular formula is C14H22N2O3S. The van der Waals surface area contributed by atoms with Crippen molar-refractivity contribution in [3.63, 3.8) is 0 Å². The van der Waals surface area contributed by atoms with E-state index < -0.39 is 21.0 Å². The fraction of sp³-hybridized carbons (Fsp3) is 0.500. The Hall–Kier alpha value is -1.56. The quantitative estimate of drug-likeness (QED) is 0.617. The zero-order valence-electron chi connectivity index (χ0n) is 12.1. The summed E-state index contributed by atoms with van der Waals surface area (Å²) in [5, 5.41) is 1.52. The van der Waals surface area contributed by atoms with Gasteiger partial charge in [0.15, 0.2) is 9.84 Å². The Bertz CT molecular complexity index is 582. The van der Waals surface area contributed by atoms with Crippen molar-refractivity contribution in [1.82, 2.24) is 5.32 Å². The second kappa shape index (κ2) is 6.74. The summed E-state index contributed by atoms with van der Waals surface area (Å²) in [6.45, 7) is 5.58. The number of benzene rings is 1. The first-order valence-corrected chi connectivity index (χ1v) is 8.23. The van der Waals surface area contributed by atoms with E-state index in [4.69, 9.17) is 5.73 Å². The van der Waals surface area contributed by atoms with Crippen LogP contribution in [-0.2, 0) is 14.6 Å². The van der Waals surface area contributed by atoms with Crippen LogP contribution in [0.2, 0.25) is 0 Å². The first kappa shape index (κ1) is 16.5. The number of sulfone groups is 1. The first-order chi connectivity index (χ1) is 9.30. The Morgan fingerprint density at radius 2 is 2.05 bits per heavy atom. The van der Waals surface area contributed by atoms with E-state index in [-0.39, 0.29) is 4.90 Å². The highest BCUT2D eigenvalue weighted by Crippen LogP contribution is 2.22. The van der Waals surface area contributed by atoms with Gasteiger partial charge in [0.05, 0.1) is 4.90 Å². The molecule has 0 heterocycles. The number of carbonyl (C=O) groups is 1. The monoisotopic (exact) mass is 298 g/mol. The van der Waals surface area contributed by atoms with Crippen LogP contribution in [0.15, 0.2) is 23.1 Å². The van der Waals surface area contributed by atoms with Crippen LogP contribution in [-0.4, -0.2) is 26.1 Å². The zero-order chi connectivity index (χ0) is 15.3. The maximum Gasteiger partial charge on any atom is 0.238 e. The normalized spacial score (nSPS) is 12.9. The van der Waals surface area contributed by atoms with Gasteiger partial charge >= 0.3 is 0 Å². The number of nitrogen functional groups attached to an aromatic ring is 1. The average Bonchev–Trinajstić information content (AvgIpc) is 2.40. The molecule has 5 nitrogen and oxygen atoms in total. The molecule has 3 N–H and O–H groups in total. The SMILES string of the molecule is CCCCNC(=O)C(C)S(=O)(=O)c1cc(N)ccc1C. The van der Waals surface area contributed by atoms with Crippen LogP contribution in [0.1, 0.15) is 32.3 Å². The van der Waals surface area contributed by atoms with Gasteiger partial charge in [0, 0.05) is 12.2 Å². The highest BCUT2D eigenvalue weighted by molar-refractivity contribution is 7.92. The molecule has 0 aromatic heterocycles. The minimum Gasteiger partial charge on any atom is -0.399 e. The van der Waals surface area contributed by atoms with Gasteiger partial charge in [-0.1, -0.05) is 19.4 Å². The van der Waals surface area contributed by atoms with E-state index >= 15 is 0 Å². The number of rotatable bonds is 6. The molecule has 0 spiro atoms. The zero-order valence-corrected chi connectivity index (χ0v) is 13.0. The summed E-state index contributed by atoms with van der Waals surface area (Å²) in [5.74, 6) is -0.472. The lowest BCUT2D eigenvalue weighted by Gasteiger charge is -2.15. The van der Waals surface area contributed by atoms with Crippen molar-refractivity contribution in [2.45, 2.75) is 43.8 Å². The molecule has 0 bridgehead atoms. The third-order valence-corrected chi connectivity index (χ3v) is 5.38. The van der Waals surface area contributed by atoms with E-state index in [0.29, 0.717) is 17.8 Å². The van der Waals surface area contributed by atoms with E-state index in [0.717, 1.165) is 12.8 Å². The van der Waals surface area contributed by atoms with E-state index in [1.165, 1.54) is 13.0 Å². The number of hydrogen-bond acceptors (Lipinski definition) is 4. The number of nitrogens with one attached hydrogen (secondary N) is 1. The number of nitrogens with two attached hydrogens (primary N) is 1. The van der Waals surface area contributed by atoms with Gasteiger partial charge in [0.1, 0.15) is 5.25 Å². The van der Waals surface area contributed by atoms with Crippen LogP contribution < -0.4 is 11.1 Å². The van der Waals surface area contributed by atoms with E-state index in [1.807, 2.05) is 6.92 Å². The Morgan fingerprint density at radius 3 is 2.65 bits per heavy atom. The molecule has 20 heavy (non-hydrogen) atoms. The van der Waals surface area contributed by atoms with Crippen molar-refractivity contribution in [1.29, 1.82) is 0 Å². The summed E-state index contributed by atoms with van der Waals surface area (Å²) in [7, 11) is -3.72. The van der Waals surface area contributed by atoms with E-state index in [1.54, 1.807) is 19.1 Å². The van der Waals surface area contributed by atoms with Crippen molar-refractivity contribution >= 4 is 21.4 Å². The minimum atomic E-state index is -3.72. The minimum absolute atomic E-state index is 0.121. The molecule has 0 saturated heterocycles. The molecule has 1 atom stereocenters. The topological polar surface area (TPSA) is 89.3 Å². The van der Waals surface area contributed by atoms with Crippen molar-refractivity contribution in [2.24, 2.45) is 0 Å². The number of carbonyl (C=O) groups excluding carboxylic acids is 1. The predicted molar refractivity (Wildman–Crippen MR) is 80.2 cm³/mol. The lowest BCUT2D eigenvalue weighted by molar-refractivity contribution is -0.120. The molecule has 0 aliphatic rings. The number of anilines is 1. The Balaban J connectivity index is 2.98. The first-order valence-electron chi connectivity index (χ1n) is 6.68. The second-order valence-electron chi connectivity index (χ2n) is 4.86. The molecule has 1 amide bonds. The van der Waals surface area contributed by atoms with Crippen LogP contribution >= 0.6 is 0 Å².